The molecule has 1 radical (unpaired) electrons. The van der Waals surface area contributed by atoms with Gasteiger partial charge in [0.2, 0.25) is 0 Å². The van der Waals surface area contributed by atoms with Gasteiger partial charge in [-0.05, 0) is 39.5 Å². The zero-order valence-electron chi connectivity index (χ0n) is 12.7. The van der Waals surface area contributed by atoms with Crippen LogP contribution < -0.4 is 0 Å². The second-order valence-corrected chi connectivity index (χ2v) is 6.43. The molecule has 1 rings (SSSR count). The number of piperidine rings is 1. The molecule has 107 valence electrons. The molecule has 1 aliphatic rings. The van der Waals surface area contributed by atoms with E-state index in [9.17, 15) is 10.3 Å². The van der Waals surface area contributed by atoms with Crippen molar-refractivity contribution in [3.8, 4) is 0 Å². The Morgan fingerprint density at radius 1 is 1.17 bits per heavy atom. The van der Waals surface area contributed by atoms with Crippen molar-refractivity contribution in [3.05, 3.63) is 0 Å². The van der Waals surface area contributed by atoms with E-state index in [2.05, 4.69) is 20.8 Å². The maximum absolute atomic E-state index is 12.9. The van der Waals surface area contributed by atoms with Crippen LogP contribution in [0.25, 0.3) is 0 Å². The second-order valence-electron chi connectivity index (χ2n) is 6.43. The van der Waals surface area contributed by atoms with E-state index in [1.54, 1.807) is 0 Å². The molecule has 0 bridgehead atoms. The summed E-state index contributed by atoms with van der Waals surface area (Å²) < 4.78 is 0. The normalized spacial score (nSPS) is 42.2. The Labute approximate surface area is 112 Å². The van der Waals surface area contributed by atoms with Crippen LogP contribution in [0.15, 0.2) is 0 Å². The summed E-state index contributed by atoms with van der Waals surface area (Å²) in [6.07, 6.45) is 4.85. The quantitative estimate of drug-likeness (QED) is 0.817. The molecule has 3 heteroatoms. The van der Waals surface area contributed by atoms with Crippen molar-refractivity contribution in [3.63, 3.8) is 0 Å². The first-order valence-corrected chi connectivity index (χ1v) is 7.51. The second kappa shape index (κ2) is 5.89. The highest BCUT2D eigenvalue weighted by atomic mass is 16.5. The van der Waals surface area contributed by atoms with Crippen molar-refractivity contribution >= 4 is 0 Å². The molecule has 4 unspecified atom stereocenters. The molecule has 18 heavy (non-hydrogen) atoms. The Hall–Kier alpha value is -0.120. The van der Waals surface area contributed by atoms with Crippen LogP contribution in [-0.2, 0) is 5.21 Å². The van der Waals surface area contributed by atoms with Gasteiger partial charge < -0.3 is 5.11 Å². The molecule has 0 aromatic carbocycles. The van der Waals surface area contributed by atoms with Crippen LogP contribution in [0.1, 0.15) is 73.1 Å². The van der Waals surface area contributed by atoms with Crippen LogP contribution in [0.2, 0.25) is 0 Å². The number of aliphatic hydroxyl groups excluding tert-OH is 1. The van der Waals surface area contributed by atoms with E-state index in [0.717, 1.165) is 32.1 Å². The molecule has 1 saturated heterocycles. The molecule has 3 nitrogen and oxygen atoms in total. The van der Waals surface area contributed by atoms with E-state index in [0.29, 0.717) is 6.42 Å². The first-order valence-electron chi connectivity index (χ1n) is 7.51. The van der Waals surface area contributed by atoms with Gasteiger partial charge in [-0.2, -0.15) is 0 Å². The summed E-state index contributed by atoms with van der Waals surface area (Å²) in [6, 6.07) is 0. The number of hydrogen-bond acceptors (Lipinski definition) is 2. The van der Waals surface area contributed by atoms with Gasteiger partial charge >= 0.3 is 0 Å². The van der Waals surface area contributed by atoms with Crippen LogP contribution in [0.4, 0.5) is 0 Å². The summed E-state index contributed by atoms with van der Waals surface area (Å²) in [5.74, 6) is 0.0971. The summed E-state index contributed by atoms with van der Waals surface area (Å²) in [7, 11) is 0. The van der Waals surface area contributed by atoms with Crippen molar-refractivity contribution in [2.75, 3.05) is 0 Å². The van der Waals surface area contributed by atoms with Crippen LogP contribution in [0.3, 0.4) is 0 Å². The van der Waals surface area contributed by atoms with E-state index >= 15 is 0 Å². The number of hydrogen-bond donors (Lipinski definition) is 1. The highest BCUT2D eigenvalue weighted by Gasteiger charge is 2.54. The van der Waals surface area contributed by atoms with Crippen LogP contribution in [0, 0.1) is 5.92 Å². The van der Waals surface area contributed by atoms with Gasteiger partial charge in [-0.25, -0.2) is 0 Å². The zero-order valence-corrected chi connectivity index (χ0v) is 12.7. The van der Waals surface area contributed by atoms with E-state index in [1.807, 2.05) is 13.8 Å². The standard InChI is InChI=1S/C15H30NO2/c1-6-9-14(4)11-13(17)12(8-3)15(5,10-7-2)16(14)18/h12-13,17H,6-11H2,1-5H3. The highest BCUT2D eigenvalue weighted by molar-refractivity contribution is 5.04. The maximum atomic E-state index is 12.9. The summed E-state index contributed by atoms with van der Waals surface area (Å²) in [5.41, 5.74) is -0.811. The van der Waals surface area contributed by atoms with Crippen molar-refractivity contribution in [2.24, 2.45) is 5.92 Å². The Bertz CT molecular complexity index is 271. The Morgan fingerprint density at radius 2 is 1.72 bits per heavy atom. The largest absolute Gasteiger partial charge is 0.393 e. The summed E-state index contributed by atoms with van der Waals surface area (Å²) in [4.78, 5) is 0. The lowest BCUT2D eigenvalue weighted by Crippen LogP contribution is -2.66. The SMILES string of the molecule is CCCC1(C)CC(O)C(CC)C(C)(CCC)N1[O]. The molecule has 1 fully saturated rings. The smallest absolute Gasteiger partial charge is 0.0605 e. The predicted octanol–water partition coefficient (Wildman–Crippen LogP) is 3.54. The van der Waals surface area contributed by atoms with Gasteiger partial charge in [0, 0.05) is 11.5 Å². The van der Waals surface area contributed by atoms with Gasteiger partial charge in [0.1, 0.15) is 0 Å². The fraction of sp³-hybridized carbons (Fsp3) is 1.00. The molecule has 0 aromatic heterocycles. The minimum Gasteiger partial charge on any atom is -0.393 e. The number of aliphatic hydroxyl groups is 1. The molecule has 0 saturated carbocycles. The van der Waals surface area contributed by atoms with Gasteiger partial charge in [-0.3, -0.25) is 0 Å². The summed E-state index contributed by atoms with van der Waals surface area (Å²) in [5, 5.41) is 24.7. The maximum Gasteiger partial charge on any atom is 0.0605 e. The van der Waals surface area contributed by atoms with Crippen LogP contribution in [0.5, 0.6) is 0 Å². The fourth-order valence-corrected chi connectivity index (χ4v) is 4.10. The summed E-state index contributed by atoms with van der Waals surface area (Å²) in [6.45, 7) is 10.4. The minimum atomic E-state index is -0.412. The van der Waals surface area contributed by atoms with Crippen LogP contribution >= 0.6 is 0 Å². The highest BCUT2D eigenvalue weighted by Crippen LogP contribution is 2.46. The molecule has 1 N–H and O–H groups in total. The Balaban J connectivity index is 3.07. The van der Waals surface area contributed by atoms with E-state index in [1.165, 1.54) is 5.06 Å². The van der Waals surface area contributed by atoms with Gasteiger partial charge in [-0.15, -0.1) is 10.3 Å². The third-order valence-corrected chi connectivity index (χ3v) is 4.85. The van der Waals surface area contributed by atoms with Gasteiger partial charge in [-0.1, -0.05) is 33.6 Å². The lowest BCUT2D eigenvalue weighted by atomic mass is 9.67. The van der Waals surface area contributed by atoms with Crippen LogP contribution in [-0.4, -0.2) is 27.4 Å². The molecule has 1 heterocycles. The average Bonchev–Trinajstić information content (AvgIpc) is 2.27. The zero-order chi connectivity index (χ0) is 14.0. The van der Waals surface area contributed by atoms with Crippen molar-refractivity contribution < 1.29 is 10.3 Å². The molecular formula is C15H30NO2. The lowest BCUT2D eigenvalue weighted by molar-refractivity contribution is -0.328. The molecule has 0 aliphatic carbocycles. The summed E-state index contributed by atoms with van der Waals surface area (Å²) >= 11 is 0. The van der Waals surface area contributed by atoms with E-state index < -0.39 is 11.1 Å². The monoisotopic (exact) mass is 256 g/mol. The number of nitrogens with zero attached hydrogens (tertiary/aromatic N) is 1. The molecule has 4 atom stereocenters. The van der Waals surface area contributed by atoms with Crippen molar-refractivity contribution in [2.45, 2.75) is 90.3 Å². The van der Waals surface area contributed by atoms with Gasteiger partial charge in [0.15, 0.2) is 0 Å². The van der Waals surface area contributed by atoms with E-state index in [-0.39, 0.29) is 12.0 Å². The van der Waals surface area contributed by atoms with Gasteiger partial charge in [0.05, 0.1) is 11.6 Å². The number of rotatable bonds is 5. The minimum absolute atomic E-state index is 0.0971. The average molecular weight is 256 g/mol. The molecule has 0 aromatic rings. The fourth-order valence-electron chi connectivity index (χ4n) is 4.10. The molecule has 0 spiro atoms. The third kappa shape index (κ3) is 2.59. The predicted molar refractivity (Wildman–Crippen MR) is 73.6 cm³/mol. The topological polar surface area (TPSA) is 43.4 Å². The Morgan fingerprint density at radius 3 is 2.17 bits per heavy atom. The molecular weight excluding hydrogens is 226 g/mol. The first kappa shape index (κ1) is 15.9. The first-order chi connectivity index (χ1) is 8.35. The lowest BCUT2D eigenvalue weighted by Gasteiger charge is -2.56. The molecule has 1 aliphatic heterocycles. The van der Waals surface area contributed by atoms with Crippen molar-refractivity contribution in [1.29, 1.82) is 0 Å². The Kier molecular flexibility index (Phi) is 5.22. The van der Waals surface area contributed by atoms with Crippen molar-refractivity contribution in [1.82, 2.24) is 5.06 Å². The third-order valence-electron chi connectivity index (χ3n) is 4.85. The number of hydroxylamine groups is 2. The van der Waals surface area contributed by atoms with Gasteiger partial charge in [0.25, 0.3) is 0 Å². The molecule has 0 amide bonds. The van der Waals surface area contributed by atoms with E-state index in [4.69, 9.17) is 0 Å².